The highest BCUT2D eigenvalue weighted by Gasteiger charge is 2.34. The number of benzene rings is 1. The van der Waals surface area contributed by atoms with E-state index in [4.69, 9.17) is 4.74 Å². The Hall–Kier alpha value is -1.44. The lowest BCUT2D eigenvalue weighted by atomic mass is 10.2. The molecule has 0 amide bonds. The standard InChI is InChI=1S/C17H19BrN2O3S/c1-12-3-5-16(13(2)9-12)24(21,22)20-8-7-15(11-20)23-17-6-4-14(18)10-19-17/h3-6,9-10,15H,7-8,11H2,1-2H3. The highest BCUT2D eigenvalue weighted by atomic mass is 79.9. The van der Waals surface area contributed by atoms with Gasteiger partial charge in [-0.1, -0.05) is 17.7 Å². The van der Waals surface area contributed by atoms with E-state index in [1.165, 1.54) is 4.31 Å². The van der Waals surface area contributed by atoms with Crippen molar-refractivity contribution in [2.24, 2.45) is 0 Å². The van der Waals surface area contributed by atoms with Crippen molar-refractivity contribution in [3.8, 4) is 5.88 Å². The Labute approximate surface area is 150 Å². The van der Waals surface area contributed by atoms with Crippen LogP contribution >= 0.6 is 15.9 Å². The lowest BCUT2D eigenvalue weighted by Crippen LogP contribution is -2.31. The van der Waals surface area contributed by atoms with Crippen molar-refractivity contribution in [3.63, 3.8) is 0 Å². The first-order chi connectivity index (χ1) is 11.4. The molecule has 7 heteroatoms. The van der Waals surface area contributed by atoms with Gasteiger partial charge >= 0.3 is 0 Å². The second-order valence-electron chi connectivity index (χ2n) is 5.98. The zero-order valence-corrected chi connectivity index (χ0v) is 16.0. The lowest BCUT2D eigenvalue weighted by molar-refractivity contribution is 0.207. The second kappa shape index (κ2) is 6.82. The fourth-order valence-corrected chi connectivity index (χ4v) is 4.77. The molecule has 1 aliphatic heterocycles. The van der Waals surface area contributed by atoms with Gasteiger partial charge in [0.1, 0.15) is 6.10 Å². The van der Waals surface area contributed by atoms with Gasteiger partial charge in [-0.25, -0.2) is 13.4 Å². The third-order valence-electron chi connectivity index (χ3n) is 4.04. The van der Waals surface area contributed by atoms with Crippen molar-refractivity contribution in [3.05, 3.63) is 52.1 Å². The summed E-state index contributed by atoms with van der Waals surface area (Å²) in [4.78, 5) is 4.54. The fourth-order valence-electron chi connectivity index (χ4n) is 2.84. The van der Waals surface area contributed by atoms with Gasteiger partial charge in [-0.2, -0.15) is 4.31 Å². The number of hydrogen-bond acceptors (Lipinski definition) is 4. The van der Waals surface area contributed by atoms with Crippen LogP contribution in [0, 0.1) is 13.8 Å². The average Bonchev–Trinajstić information content (AvgIpc) is 2.98. The smallest absolute Gasteiger partial charge is 0.243 e. The topological polar surface area (TPSA) is 59.5 Å². The van der Waals surface area contributed by atoms with E-state index >= 15 is 0 Å². The highest BCUT2D eigenvalue weighted by molar-refractivity contribution is 9.10. The van der Waals surface area contributed by atoms with Gasteiger partial charge in [-0.3, -0.25) is 0 Å². The second-order valence-corrected chi connectivity index (χ2v) is 8.80. The van der Waals surface area contributed by atoms with Crippen molar-refractivity contribution < 1.29 is 13.2 Å². The molecule has 1 atom stereocenters. The van der Waals surface area contributed by atoms with E-state index in [-0.39, 0.29) is 6.10 Å². The zero-order valence-electron chi connectivity index (χ0n) is 13.6. The maximum Gasteiger partial charge on any atom is 0.243 e. The first-order valence-corrected chi connectivity index (χ1v) is 9.95. The van der Waals surface area contributed by atoms with Crippen LogP contribution in [0.15, 0.2) is 45.9 Å². The maximum atomic E-state index is 12.9. The molecule has 1 saturated heterocycles. The quantitative estimate of drug-likeness (QED) is 0.775. The molecule has 0 aliphatic carbocycles. The SMILES string of the molecule is Cc1ccc(S(=O)(=O)N2CCC(Oc3ccc(Br)cn3)C2)c(C)c1. The van der Waals surface area contributed by atoms with Gasteiger partial charge in [0, 0.05) is 23.3 Å². The number of aryl methyl sites for hydroxylation is 2. The Bertz CT molecular complexity index is 837. The number of pyridine rings is 1. The molecule has 0 radical (unpaired) electrons. The summed E-state index contributed by atoms with van der Waals surface area (Å²) in [6.07, 6.45) is 2.13. The molecule has 0 N–H and O–H groups in total. The predicted molar refractivity (Wildman–Crippen MR) is 95.6 cm³/mol. The van der Waals surface area contributed by atoms with Crippen molar-refractivity contribution in [2.75, 3.05) is 13.1 Å². The summed E-state index contributed by atoms with van der Waals surface area (Å²) >= 11 is 3.33. The van der Waals surface area contributed by atoms with Crippen LogP contribution in [0.4, 0.5) is 0 Å². The molecule has 5 nitrogen and oxygen atoms in total. The molecule has 1 fully saturated rings. The molecule has 0 saturated carbocycles. The number of halogens is 1. The van der Waals surface area contributed by atoms with E-state index in [9.17, 15) is 8.42 Å². The molecule has 1 aliphatic rings. The fraction of sp³-hybridized carbons (Fsp3) is 0.353. The molecular formula is C17H19BrN2O3S. The minimum atomic E-state index is -3.49. The molecule has 1 aromatic carbocycles. The molecule has 0 spiro atoms. The van der Waals surface area contributed by atoms with Crippen LogP contribution in [0.1, 0.15) is 17.5 Å². The largest absolute Gasteiger partial charge is 0.473 e. The predicted octanol–water partition coefficient (Wildman–Crippen LogP) is 3.30. The Balaban J connectivity index is 1.73. The summed E-state index contributed by atoms with van der Waals surface area (Å²) in [6, 6.07) is 9.02. The third kappa shape index (κ3) is 3.63. The number of ether oxygens (including phenoxy) is 1. The minimum absolute atomic E-state index is 0.181. The Morgan fingerprint density at radius 1 is 1.25 bits per heavy atom. The first-order valence-electron chi connectivity index (χ1n) is 7.72. The van der Waals surface area contributed by atoms with Crippen LogP contribution in [-0.4, -0.2) is 36.9 Å². The van der Waals surface area contributed by atoms with Gasteiger partial charge in [0.25, 0.3) is 0 Å². The normalized spacial score (nSPS) is 18.7. The summed E-state index contributed by atoms with van der Waals surface area (Å²) in [6.45, 7) is 4.58. The molecule has 2 aromatic rings. The maximum absolute atomic E-state index is 12.9. The van der Waals surface area contributed by atoms with Gasteiger partial charge < -0.3 is 4.74 Å². The zero-order chi connectivity index (χ0) is 17.3. The van der Waals surface area contributed by atoms with Gasteiger partial charge in [-0.15, -0.1) is 0 Å². The summed E-state index contributed by atoms with van der Waals surface area (Å²) < 4.78 is 33.9. The summed E-state index contributed by atoms with van der Waals surface area (Å²) in [5.74, 6) is 0.508. The van der Waals surface area contributed by atoms with Crippen LogP contribution in [0.3, 0.4) is 0 Å². The van der Waals surface area contributed by atoms with E-state index in [2.05, 4.69) is 20.9 Å². The van der Waals surface area contributed by atoms with Crippen LogP contribution in [0.25, 0.3) is 0 Å². The van der Waals surface area contributed by atoms with E-state index in [0.717, 1.165) is 15.6 Å². The minimum Gasteiger partial charge on any atom is -0.473 e. The molecular weight excluding hydrogens is 392 g/mol. The van der Waals surface area contributed by atoms with E-state index in [1.54, 1.807) is 18.3 Å². The monoisotopic (exact) mass is 410 g/mol. The van der Waals surface area contributed by atoms with E-state index in [1.807, 2.05) is 32.0 Å². The first kappa shape index (κ1) is 17.4. The van der Waals surface area contributed by atoms with Crippen molar-refractivity contribution in [2.45, 2.75) is 31.3 Å². The molecule has 1 unspecified atom stereocenters. The van der Waals surface area contributed by atoms with Gasteiger partial charge in [-0.05, 0) is 53.9 Å². The number of aromatic nitrogens is 1. The Morgan fingerprint density at radius 3 is 2.71 bits per heavy atom. The molecule has 3 rings (SSSR count). The number of nitrogens with zero attached hydrogens (tertiary/aromatic N) is 2. The molecule has 128 valence electrons. The Kier molecular flexibility index (Phi) is 4.94. The van der Waals surface area contributed by atoms with Crippen LogP contribution in [0.2, 0.25) is 0 Å². The Morgan fingerprint density at radius 2 is 2.04 bits per heavy atom. The van der Waals surface area contributed by atoms with Crippen molar-refractivity contribution in [1.29, 1.82) is 0 Å². The average molecular weight is 411 g/mol. The lowest BCUT2D eigenvalue weighted by Gasteiger charge is -2.18. The van der Waals surface area contributed by atoms with Gasteiger partial charge in [0.2, 0.25) is 15.9 Å². The number of rotatable bonds is 4. The van der Waals surface area contributed by atoms with E-state index < -0.39 is 10.0 Å². The summed E-state index contributed by atoms with van der Waals surface area (Å²) in [7, 11) is -3.49. The molecule has 24 heavy (non-hydrogen) atoms. The van der Waals surface area contributed by atoms with E-state index in [0.29, 0.717) is 30.3 Å². The molecule has 1 aromatic heterocycles. The van der Waals surface area contributed by atoms with Crippen molar-refractivity contribution in [1.82, 2.24) is 9.29 Å². The number of sulfonamides is 1. The summed E-state index contributed by atoms with van der Waals surface area (Å²) in [5, 5.41) is 0. The van der Waals surface area contributed by atoms with Crippen LogP contribution < -0.4 is 4.74 Å². The van der Waals surface area contributed by atoms with Crippen LogP contribution in [-0.2, 0) is 10.0 Å². The summed E-state index contributed by atoms with van der Waals surface area (Å²) in [5.41, 5.74) is 1.82. The van der Waals surface area contributed by atoms with Crippen molar-refractivity contribution >= 4 is 26.0 Å². The third-order valence-corrected chi connectivity index (χ3v) is 6.54. The highest BCUT2D eigenvalue weighted by Crippen LogP contribution is 2.26. The van der Waals surface area contributed by atoms with Gasteiger partial charge in [0.05, 0.1) is 11.4 Å². The van der Waals surface area contributed by atoms with Crippen LogP contribution in [0.5, 0.6) is 5.88 Å². The molecule has 2 heterocycles. The molecule has 0 bridgehead atoms. The van der Waals surface area contributed by atoms with Gasteiger partial charge in [0.15, 0.2) is 0 Å². The number of hydrogen-bond donors (Lipinski definition) is 0.